The fraction of sp³-hybridized carbons (Fsp3) is 0.312. The highest BCUT2D eigenvalue weighted by Gasteiger charge is 2.35. The van der Waals surface area contributed by atoms with Crippen LogP contribution in [-0.2, 0) is 15.8 Å². The minimum Gasteiger partial charge on any atom is -0.212 e. The van der Waals surface area contributed by atoms with Gasteiger partial charge in [-0.15, -0.1) is 11.3 Å². The summed E-state index contributed by atoms with van der Waals surface area (Å²) in [4.78, 5) is 1.07. The van der Waals surface area contributed by atoms with E-state index < -0.39 is 10.0 Å². The minimum absolute atomic E-state index is 0.0622. The summed E-state index contributed by atoms with van der Waals surface area (Å²) in [7, 11) is -3.41. The Kier molecular flexibility index (Phi) is 4.30. The van der Waals surface area contributed by atoms with Gasteiger partial charge in [0.1, 0.15) is 0 Å². The largest absolute Gasteiger partial charge is 0.216 e. The highest BCUT2D eigenvalue weighted by molar-refractivity contribution is 7.88. The zero-order chi connectivity index (χ0) is 15.6. The van der Waals surface area contributed by atoms with Crippen LogP contribution in [0.1, 0.15) is 34.9 Å². The first-order chi connectivity index (χ1) is 10.6. The lowest BCUT2D eigenvalue weighted by atomic mass is 10.2. The molecule has 114 valence electrons. The molecule has 1 unspecified atom stereocenters. The molecular formula is C16H16N2O2S2. The van der Waals surface area contributed by atoms with Crippen LogP contribution in [0.3, 0.4) is 0 Å². The second-order valence-corrected chi connectivity index (χ2v) is 8.25. The van der Waals surface area contributed by atoms with Crippen molar-refractivity contribution in [3.05, 3.63) is 57.8 Å². The van der Waals surface area contributed by atoms with Gasteiger partial charge in [-0.05, 0) is 47.9 Å². The van der Waals surface area contributed by atoms with Gasteiger partial charge in [0.15, 0.2) is 0 Å². The van der Waals surface area contributed by atoms with Gasteiger partial charge in [0.25, 0.3) is 0 Å². The van der Waals surface area contributed by atoms with Gasteiger partial charge in [-0.1, -0.05) is 18.2 Å². The second-order valence-electron chi connectivity index (χ2n) is 5.52. The van der Waals surface area contributed by atoms with Crippen LogP contribution < -0.4 is 4.72 Å². The van der Waals surface area contributed by atoms with Crippen molar-refractivity contribution in [1.82, 2.24) is 4.72 Å². The maximum absolute atomic E-state index is 12.4. The highest BCUT2D eigenvalue weighted by atomic mass is 32.2. The van der Waals surface area contributed by atoms with Crippen molar-refractivity contribution in [3.63, 3.8) is 0 Å². The summed E-state index contributed by atoms with van der Waals surface area (Å²) in [6, 6.07) is 12.5. The number of hydrogen-bond donors (Lipinski definition) is 1. The Morgan fingerprint density at radius 2 is 2.00 bits per heavy atom. The van der Waals surface area contributed by atoms with Gasteiger partial charge >= 0.3 is 0 Å². The molecular weight excluding hydrogens is 316 g/mol. The molecule has 1 saturated carbocycles. The molecule has 0 aliphatic heterocycles. The lowest BCUT2D eigenvalue weighted by molar-refractivity contribution is 0.533. The molecule has 6 heteroatoms. The molecule has 1 aromatic heterocycles. The minimum atomic E-state index is -3.41. The fourth-order valence-corrected chi connectivity index (χ4v) is 4.78. The average molecular weight is 332 g/mol. The van der Waals surface area contributed by atoms with Crippen LogP contribution in [-0.4, -0.2) is 8.42 Å². The van der Waals surface area contributed by atoms with E-state index in [2.05, 4.69) is 4.72 Å². The summed E-state index contributed by atoms with van der Waals surface area (Å²) in [5, 5.41) is 10.7. The maximum Gasteiger partial charge on any atom is 0.216 e. The van der Waals surface area contributed by atoms with Crippen molar-refractivity contribution in [2.45, 2.75) is 24.6 Å². The van der Waals surface area contributed by atoms with E-state index in [0.717, 1.165) is 17.7 Å². The molecule has 3 rings (SSSR count). The summed E-state index contributed by atoms with van der Waals surface area (Å²) in [6.45, 7) is 0. The van der Waals surface area contributed by atoms with Crippen molar-refractivity contribution in [2.24, 2.45) is 5.92 Å². The van der Waals surface area contributed by atoms with E-state index >= 15 is 0 Å². The molecule has 1 aliphatic carbocycles. The molecule has 4 nitrogen and oxygen atoms in total. The van der Waals surface area contributed by atoms with E-state index in [4.69, 9.17) is 5.26 Å². The Balaban J connectivity index is 1.73. The van der Waals surface area contributed by atoms with Crippen LogP contribution in [0.2, 0.25) is 0 Å². The predicted molar refractivity (Wildman–Crippen MR) is 86.7 cm³/mol. The maximum atomic E-state index is 12.4. The molecule has 0 radical (unpaired) electrons. The molecule has 1 fully saturated rings. The van der Waals surface area contributed by atoms with Crippen LogP contribution in [0, 0.1) is 17.2 Å². The zero-order valence-corrected chi connectivity index (χ0v) is 13.5. The standard InChI is InChI=1S/C16H16N2O2S2/c17-10-12-3-5-13(6-4-12)11-22(19,20)18-16(14-7-8-14)15-2-1-9-21-15/h1-6,9,14,16,18H,7-8,11H2. The number of sulfonamides is 1. The number of rotatable bonds is 6. The van der Waals surface area contributed by atoms with Gasteiger partial charge < -0.3 is 0 Å². The SMILES string of the molecule is N#Cc1ccc(CS(=O)(=O)NC(c2cccs2)C2CC2)cc1. The number of benzene rings is 1. The lowest BCUT2D eigenvalue weighted by Crippen LogP contribution is -2.30. The van der Waals surface area contributed by atoms with E-state index in [-0.39, 0.29) is 11.8 Å². The number of nitrogens with one attached hydrogen (secondary N) is 1. The monoisotopic (exact) mass is 332 g/mol. The van der Waals surface area contributed by atoms with Crippen LogP contribution in [0.5, 0.6) is 0 Å². The molecule has 1 aliphatic rings. The van der Waals surface area contributed by atoms with Crippen molar-refractivity contribution in [3.8, 4) is 6.07 Å². The van der Waals surface area contributed by atoms with Crippen LogP contribution in [0.15, 0.2) is 41.8 Å². The van der Waals surface area contributed by atoms with Crippen LogP contribution in [0.4, 0.5) is 0 Å². The Bertz CT molecular complexity index is 771. The number of nitriles is 1. The first-order valence-corrected chi connectivity index (χ1v) is 9.63. The van der Waals surface area contributed by atoms with Crippen molar-refractivity contribution < 1.29 is 8.42 Å². The van der Waals surface area contributed by atoms with Gasteiger partial charge in [-0.3, -0.25) is 0 Å². The number of thiophene rings is 1. The summed E-state index contributed by atoms with van der Waals surface area (Å²) >= 11 is 1.59. The molecule has 1 heterocycles. The third kappa shape index (κ3) is 3.74. The van der Waals surface area contributed by atoms with E-state index in [9.17, 15) is 8.42 Å². The quantitative estimate of drug-likeness (QED) is 0.883. The Labute approximate surface area is 134 Å². The Morgan fingerprint density at radius 3 is 2.55 bits per heavy atom. The third-order valence-electron chi connectivity index (χ3n) is 3.69. The van der Waals surface area contributed by atoms with Gasteiger partial charge in [0, 0.05) is 4.88 Å². The molecule has 0 saturated heterocycles. The first-order valence-electron chi connectivity index (χ1n) is 7.10. The smallest absolute Gasteiger partial charge is 0.212 e. The number of nitrogens with zero attached hydrogens (tertiary/aromatic N) is 1. The van der Waals surface area contributed by atoms with E-state index in [0.29, 0.717) is 17.0 Å². The van der Waals surface area contributed by atoms with Crippen LogP contribution >= 0.6 is 11.3 Å². The zero-order valence-electron chi connectivity index (χ0n) is 11.9. The number of hydrogen-bond acceptors (Lipinski definition) is 4. The van der Waals surface area contributed by atoms with Gasteiger partial charge in [-0.25, -0.2) is 13.1 Å². The second kappa shape index (κ2) is 6.21. The lowest BCUT2D eigenvalue weighted by Gasteiger charge is -2.17. The first kappa shape index (κ1) is 15.2. The van der Waals surface area contributed by atoms with Crippen molar-refractivity contribution >= 4 is 21.4 Å². The molecule has 1 N–H and O–H groups in total. The molecule has 0 amide bonds. The Hall–Kier alpha value is -1.68. The summed E-state index contributed by atoms with van der Waals surface area (Å²) < 4.78 is 27.7. The summed E-state index contributed by atoms with van der Waals surface area (Å²) in [6.07, 6.45) is 2.14. The van der Waals surface area contributed by atoms with Crippen molar-refractivity contribution in [1.29, 1.82) is 5.26 Å². The molecule has 2 aromatic rings. The van der Waals surface area contributed by atoms with E-state index in [1.165, 1.54) is 0 Å². The topological polar surface area (TPSA) is 70.0 Å². The van der Waals surface area contributed by atoms with Gasteiger partial charge in [0.05, 0.1) is 23.4 Å². The molecule has 0 spiro atoms. The van der Waals surface area contributed by atoms with E-state index in [1.54, 1.807) is 35.6 Å². The molecule has 1 aromatic carbocycles. The molecule has 0 bridgehead atoms. The predicted octanol–water partition coefficient (Wildman–Crippen LogP) is 3.19. The normalized spacial score (nSPS) is 16.1. The van der Waals surface area contributed by atoms with Gasteiger partial charge in [-0.2, -0.15) is 5.26 Å². The summed E-state index contributed by atoms with van der Waals surface area (Å²) in [5.41, 5.74) is 1.22. The third-order valence-corrected chi connectivity index (χ3v) is 5.97. The highest BCUT2D eigenvalue weighted by Crippen LogP contribution is 2.42. The molecule has 22 heavy (non-hydrogen) atoms. The molecule has 1 atom stereocenters. The van der Waals surface area contributed by atoms with Crippen LogP contribution in [0.25, 0.3) is 0 Å². The fourth-order valence-electron chi connectivity index (χ4n) is 2.41. The summed E-state index contributed by atoms with van der Waals surface area (Å²) in [5.74, 6) is 0.349. The van der Waals surface area contributed by atoms with Crippen molar-refractivity contribution in [2.75, 3.05) is 0 Å². The average Bonchev–Trinajstić information content (AvgIpc) is 3.19. The van der Waals surface area contributed by atoms with Gasteiger partial charge in [0.2, 0.25) is 10.0 Å². The van der Waals surface area contributed by atoms with E-state index in [1.807, 2.05) is 23.6 Å². The Morgan fingerprint density at radius 1 is 1.27 bits per heavy atom.